The molecule has 1 aromatic rings. The summed E-state index contributed by atoms with van der Waals surface area (Å²) >= 11 is 0. The van der Waals surface area contributed by atoms with Crippen LogP contribution in [0.3, 0.4) is 0 Å². The molecule has 0 spiro atoms. The van der Waals surface area contributed by atoms with E-state index in [1.165, 1.54) is 7.11 Å². The number of methoxy groups -OCH3 is 1. The molecule has 0 saturated carbocycles. The Bertz CT molecular complexity index is 369. The zero-order valence-electron chi connectivity index (χ0n) is 10.7. The molecule has 1 unspecified atom stereocenters. The molecule has 1 aromatic carbocycles. The molecule has 0 aromatic heterocycles. The van der Waals surface area contributed by atoms with Crippen LogP contribution in [0.2, 0.25) is 0 Å². The molecule has 1 rings (SSSR count). The summed E-state index contributed by atoms with van der Waals surface area (Å²) in [7, 11) is 1.53. The predicted molar refractivity (Wildman–Crippen MR) is 64.3 cm³/mol. The standard InChI is InChI=1S/C13H19FO3/c1-9(2)10-5-6-11(12(7-10)16-4)17-8-13(3,14)15/h5-7,9,15H,8H2,1-4H3. The van der Waals surface area contributed by atoms with Crippen LogP contribution in [0.25, 0.3) is 0 Å². The van der Waals surface area contributed by atoms with Crippen molar-refractivity contribution in [2.45, 2.75) is 32.5 Å². The van der Waals surface area contributed by atoms with E-state index in [0.29, 0.717) is 17.4 Å². The normalized spacial score (nSPS) is 14.5. The largest absolute Gasteiger partial charge is 0.493 e. The first-order valence-electron chi connectivity index (χ1n) is 5.55. The second kappa shape index (κ2) is 5.36. The zero-order valence-corrected chi connectivity index (χ0v) is 10.7. The van der Waals surface area contributed by atoms with Gasteiger partial charge in [-0.3, -0.25) is 0 Å². The van der Waals surface area contributed by atoms with Crippen molar-refractivity contribution in [2.24, 2.45) is 0 Å². The molecule has 0 fully saturated rings. The summed E-state index contributed by atoms with van der Waals surface area (Å²) in [6.07, 6.45) is 0. The summed E-state index contributed by atoms with van der Waals surface area (Å²) in [5.74, 6) is -1.00. The van der Waals surface area contributed by atoms with Gasteiger partial charge >= 0.3 is 0 Å². The van der Waals surface area contributed by atoms with Crippen LogP contribution in [0.4, 0.5) is 4.39 Å². The fourth-order valence-corrected chi connectivity index (χ4v) is 1.37. The van der Waals surface area contributed by atoms with E-state index in [-0.39, 0.29) is 0 Å². The Labute approximate surface area is 101 Å². The Morgan fingerprint density at radius 3 is 2.47 bits per heavy atom. The van der Waals surface area contributed by atoms with Gasteiger partial charge in [-0.25, -0.2) is 4.39 Å². The average molecular weight is 242 g/mol. The van der Waals surface area contributed by atoms with Gasteiger partial charge in [0.1, 0.15) is 6.61 Å². The molecule has 0 heterocycles. The molecule has 4 heteroatoms. The number of hydrogen-bond acceptors (Lipinski definition) is 3. The third-order valence-electron chi connectivity index (χ3n) is 2.35. The Morgan fingerprint density at radius 2 is 2.00 bits per heavy atom. The average Bonchev–Trinajstić information content (AvgIpc) is 2.24. The highest BCUT2D eigenvalue weighted by molar-refractivity contribution is 5.43. The molecule has 0 amide bonds. The van der Waals surface area contributed by atoms with E-state index < -0.39 is 12.5 Å². The van der Waals surface area contributed by atoms with Crippen LogP contribution in [-0.2, 0) is 0 Å². The Kier molecular flexibility index (Phi) is 4.34. The quantitative estimate of drug-likeness (QED) is 0.862. The van der Waals surface area contributed by atoms with Gasteiger partial charge in [0, 0.05) is 0 Å². The Morgan fingerprint density at radius 1 is 1.35 bits per heavy atom. The van der Waals surface area contributed by atoms with Gasteiger partial charge in [-0.05, 0) is 30.5 Å². The minimum atomic E-state index is -2.35. The monoisotopic (exact) mass is 242 g/mol. The summed E-state index contributed by atoms with van der Waals surface area (Å²) in [6, 6.07) is 5.47. The van der Waals surface area contributed by atoms with E-state index in [1.54, 1.807) is 6.07 Å². The smallest absolute Gasteiger partial charge is 0.238 e. The predicted octanol–water partition coefficient (Wildman–Crippen LogP) is 2.88. The lowest BCUT2D eigenvalue weighted by Crippen LogP contribution is -2.26. The third-order valence-corrected chi connectivity index (χ3v) is 2.35. The maximum absolute atomic E-state index is 12.9. The van der Waals surface area contributed by atoms with Crippen LogP contribution in [-0.4, -0.2) is 24.7 Å². The molecule has 0 aliphatic rings. The molecular formula is C13H19FO3. The number of alkyl halides is 1. The van der Waals surface area contributed by atoms with E-state index >= 15 is 0 Å². The number of aliphatic hydroxyl groups is 1. The number of benzene rings is 1. The number of rotatable bonds is 5. The fraction of sp³-hybridized carbons (Fsp3) is 0.538. The lowest BCUT2D eigenvalue weighted by Gasteiger charge is -2.17. The fourth-order valence-electron chi connectivity index (χ4n) is 1.37. The second-order valence-electron chi connectivity index (χ2n) is 4.50. The van der Waals surface area contributed by atoms with Crippen molar-refractivity contribution < 1.29 is 19.0 Å². The van der Waals surface area contributed by atoms with E-state index in [4.69, 9.17) is 14.6 Å². The SMILES string of the molecule is COc1cc(C(C)C)ccc1OCC(C)(O)F. The molecule has 0 aliphatic carbocycles. The topological polar surface area (TPSA) is 38.7 Å². The highest BCUT2D eigenvalue weighted by atomic mass is 19.2. The molecule has 0 aliphatic heterocycles. The minimum Gasteiger partial charge on any atom is -0.493 e. The highest BCUT2D eigenvalue weighted by Crippen LogP contribution is 2.31. The molecule has 17 heavy (non-hydrogen) atoms. The number of hydrogen-bond donors (Lipinski definition) is 1. The molecule has 1 atom stereocenters. The van der Waals surface area contributed by atoms with Gasteiger partial charge < -0.3 is 14.6 Å². The van der Waals surface area contributed by atoms with Gasteiger partial charge in [0.15, 0.2) is 11.5 Å². The van der Waals surface area contributed by atoms with Crippen molar-refractivity contribution in [1.29, 1.82) is 0 Å². The van der Waals surface area contributed by atoms with Gasteiger partial charge in [0.2, 0.25) is 5.85 Å². The highest BCUT2D eigenvalue weighted by Gasteiger charge is 2.20. The van der Waals surface area contributed by atoms with Crippen molar-refractivity contribution >= 4 is 0 Å². The maximum atomic E-state index is 12.9. The Hall–Kier alpha value is -1.29. The van der Waals surface area contributed by atoms with Gasteiger partial charge in [0.25, 0.3) is 0 Å². The van der Waals surface area contributed by atoms with E-state index in [2.05, 4.69) is 13.8 Å². The van der Waals surface area contributed by atoms with E-state index in [1.807, 2.05) is 12.1 Å². The number of ether oxygens (including phenoxy) is 2. The van der Waals surface area contributed by atoms with Crippen LogP contribution in [0, 0.1) is 0 Å². The summed E-state index contributed by atoms with van der Waals surface area (Å²) < 4.78 is 23.3. The van der Waals surface area contributed by atoms with Crippen LogP contribution in [0.1, 0.15) is 32.3 Å². The van der Waals surface area contributed by atoms with Crippen molar-refractivity contribution in [3.05, 3.63) is 23.8 Å². The number of halogens is 1. The van der Waals surface area contributed by atoms with E-state index in [9.17, 15) is 4.39 Å². The van der Waals surface area contributed by atoms with Crippen molar-refractivity contribution in [1.82, 2.24) is 0 Å². The van der Waals surface area contributed by atoms with Gasteiger partial charge in [-0.2, -0.15) is 0 Å². The lowest BCUT2D eigenvalue weighted by molar-refractivity contribution is -0.0999. The van der Waals surface area contributed by atoms with Crippen LogP contribution >= 0.6 is 0 Å². The van der Waals surface area contributed by atoms with Crippen molar-refractivity contribution in [3.63, 3.8) is 0 Å². The third kappa shape index (κ3) is 4.23. The van der Waals surface area contributed by atoms with Gasteiger partial charge in [0.05, 0.1) is 7.11 Å². The van der Waals surface area contributed by atoms with Crippen LogP contribution < -0.4 is 9.47 Å². The minimum absolute atomic E-state index is 0.377. The van der Waals surface area contributed by atoms with Crippen molar-refractivity contribution in [2.75, 3.05) is 13.7 Å². The Balaban J connectivity index is 2.86. The molecule has 96 valence electrons. The van der Waals surface area contributed by atoms with Gasteiger partial charge in [-0.15, -0.1) is 0 Å². The molecule has 0 radical (unpaired) electrons. The molecule has 1 N–H and O–H groups in total. The first kappa shape index (κ1) is 13.8. The summed E-state index contributed by atoms with van der Waals surface area (Å²) in [4.78, 5) is 0. The summed E-state index contributed by atoms with van der Waals surface area (Å²) in [5, 5.41) is 8.95. The summed E-state index contributed by atoms with van der Waals surface area (Å²) in [6.45, 7) is 4.76. The first-order valence-corrected chi connectivity index (χ1v) is 5.55. The molecule has 3 nitrogen and oxygen atoms in total. The van der Waals surface area contributed by atoms with E-state index in [0.717, 1.165) is 12.5 Å². The van der Waals surface area contributed by atoms with Crippen LogP contribution in [0.5, 0.6) is 11.5 Å². The van der Waals surface area contributed by atoms with Crippen molar-refractivity contribution in [3.8, 4) is 11.5 Å². The second-order valence-corrected chi connectivity index (χ2v) is 4.50. The molecular weight excluding hydrogens is 223 g/mol. The lowest BCUT2D eigenvalue weighted by atomic mass is 10.0. The molecule has 0 bridgehead atoms. The summed E-state index contributed by atoms with van der Waals surface area (Å²) in [5.41, 5.74) is 1.11. The first-order chi connectivity index (χ1) is 7.83. The van der Waals surface area contributed by atoms with Gasteiger partial charge in [-0.1, -0.05) is 19.9 Å². The van der Waals surface area contributed by atoms with Crippen LogP contribution in [0.15, 0.2) is 18.2 Å². The maximum Gasteiger partial charge on any atom is 0.238 e. The zero-order chi connectivity index (χ0) is 13.1. The molecule has 0 saturated heterocycles.